The summed E-state index contributed by atoms with van der Waals surface area (Å²) in [5, 5.41) is 10.6. The van der Waals surface area contributed by atoms with Crippen LogP contribution < -0.4 is 0 Å². The molecule has 2 nitrogen and oxygen atoms in total. The van der Waals surface area contributed by atoms with E-state index in [1.165, 1.54) is 12.1 Å². The number of hydrogen-bond donors (Lipinski definition) is 1. The molecular formula is C13H16ClFO2. The molecule has 0 saturated carbocycles. The molecule has 17 heavy (non-hydrogen) atoms. The van der Waals surface area contributed by atoms with E-state index in [-0.39, 0.29) is 11.7 Å². The van der Waals surface area contributed by atoms with Gasteiger partial charge in [-0.15, -0.1) is 0 Å². The summed E-state index contributed by atoms with van der Waals surface area (Å²) in [6.07, 6.45) is 1.47. The predicted molar refractivity (Wildman–Crippen MR) is 64.7 cm³/mol. The minimum absolute atomic E-state index is 0.196. The van der Waals surface area contributed by atoms with Gasteiger partial charge < -0.3 is 9.84 Å². The minimum atomic E-state index is -0.521. The Labute approximate surface area is 105 Å². The highest BCUT2D eigenvalue weighted by Gasteiger charge is 2.23. The highest BCUT2D eigenvalue weighted by Crippen LogP contribution is 2.23. The summed E-state index contributed by atoms with van der Waals surface area (Å²) in [7, 11) is 0. The van der Waals surface area contributed by atoms with E-state index in [9.17, 15) is 9.50 Å². The van der Waals surface area contributed by atoms with Crippen LogP contribution in [0, 0.1) is 11.7 Å². The van der Waals surface area contributed by atoms with Crippen LogP contribution in [0.3, 0.4) is 0 Å². The summed E-state index contributed by atoms with van der Waals surface area (Å²) in [5.74, 6) is -0.109. The molecule has 1 atom stereocenters. The lowest BCUT2D eigenvalue weighted by molar-refractivity contribution is 0.00812. The van der Waals surface area contributed by atoms with Crippen molar-refractivity contribution in [2.45, 2.75) is 25.4 Å². The Bertz CT molecular complexity index is 378. The molecule has 0 aliphatic carbocycles. The number of halogens is 2. The smallest absolute Gasteiger partial charge is 0.126 e. The number of aliphatic hydroxyl groups excluding tert-OH is 1. The van der Waals surface area contributed by atoms with Gasteiger partial charge >= 0.3 is 0 Å². The van der Waals surface area contributed by atoms with Crippen molar-refractivity contribution in [2.24, 2.45) is 5.92 Å². The SMILES string of the molecule is OC(Cc1cc(Cl)ccc1F)C1CCOCC1. The van der Waals surface area contributed by atoms with E-state index in [0.29, 0.717) is 30.2 Å². The monoisotopic (exact) mass is 258 g/mol. The summed E-state index contributed by atoms with van der Waals surface area (Å²) < 4.78 is 18.7. The van der Waals surface area contributed by atoms with Gasteiger partial charge in [0.2, 0.25) is 0 Å². The first-order valence-electron chi connectivity index (χ1n) is 5.86. The van der Waals surface area contributed by atoms with E-state index in [2.05, 4.69) is 0 Å². The molecule has 0 radical (unpaired) electrons. The van der Waals surface area contributed by atoms with Gasteiger partial charge in [-0.3, -0.25) is 0 Å². The van der Waals surface area contributed by atoms with Crippen LogP contribution in [0.4, 0.5) is 4.39 Å². The van der Waals surface area contributed by atoms with Crippen molar-refractivity contribution in [1.82, 2.24) is 0 Å². The van der Waals surface area contributed by atoms with Crippen molar-refractivity contribution < 1.29 is 14.2 Å². The topological polar surface area (TPSA) is 29.5 Å². The lowest BCUT2D eigenvalue weighted by Crippen LogP contribution is -2.29. The van der Waals surface area contributed by atoms with Crippen LogP contribution in [-0.2, 0) is 11.2 Å². The first-order valence-corrected chi connectivity index (χ1v) is 6.24. The van der Waals surface area contributed by atoms with Crippen molar-refractivity contribution in [2.75, 3.05) is 13.2 Å². The summed E-state index contributed by atoms with van der Waals surface area (Å²) in [4.78, 5) is 0. The Morgan fingerprint density at radius 1 is 1.41 bits per heavy atom. The fourth-order valence-electron chi connectivity index (χ4n) is 2.19. The molecule has 1 unspecified atom stereocenters. The molecule has 1 fully saturated rings. The predicted octanol–water partition coefficient (Wildman–Crippen LogP) is 2.81. The van der Waals surface area contributed by atoms with Crippen LogP contribution in [0.25, 0.3) is 0 Å². The second kappa shape index (κ2) is 5.80. The molecule has 1 N–H and O–H groups in total. The fraction of sp³-hybridized carbons (Fsp3) is 0.538. The van der Waals surface area contributed by atoms with Crippen LogP contribution in [-0.4, -0.2) is 24.4 Å². The van der Waals surface area contributed by atoms with Crippen molar-refractivity contribution >= 4 is 11.6 Å². The molecule has 2 rings (SSSR count). The minimum Gasteiger partial charge on any atom is -0.392 e. The third kappa shape index (κ3) is 3.41. The molecule has 0 amide bonds. The Balaban J connectivity index is 2.01. The van der Waals surface area contributed by atoms with Crippen LogP contribution >= 0.6 is 11.6 Å². The van der Waals surface area contributed by atoms with Crippen molar-refractivity contribution in [1.29, 1.82) is 0 Å². The first-order chi connectivity index (χ1) is 8.16. The molecule has 94 valence electrons. The maximum atomic E-state index is 13.5. The molecule has 0 bridgehead atoms. The van der Waals surface area contributed by atoms with Gasteiger partial charge in [0.05, 0.1) is 6.10 Å². The summed E-state index contributed by atoms with van der Waals surface area (Å²) in [6.45, 7) is 1.36. The molecule has 1 saturated heterocycles. The van der Waals surface area contributed by atoms with Gasteiger partial charge in [0.15, 0.2) is 0 Å². The number of ether oxygens (including phenoxy) is 1. The lowest BCUT2D eigenvalue weighted by Gasteiger charge is -2.26. The summed E-state index contributed by atoms with van der Waals surface area (Å²) >= 11 is 5.82. The quantitative estimate of drug-likeness (QED) is 0.903. The van der Waals surface area contributed by atoms with Gasteiger partial charge in [0.25, 0.3) is 0 Å². The molecule has 1 aliphatic rings. The van der Waals surface area contributed by atoms with Gasteiger partial charge in [-0.2, -0.15) is 0 Å². The van der Waals surface area contributed by atoms with Gasteiger partial charge in [-0.25, -0.2) is 4.39 Å². The van der Waals surface area contributed by atoms with E-state index in [4.69, 9.17) is 16.3 Å². The van der Waals surface area contributed by atoms with Crippen molar-refractivity contribution in [3.8, 4) is 0 Å². The highest BCUT2D eigenvalue weighted by atomic mass is 35.5. The normalized spacial score (nSPS) is 19.2. The van der Waals surface area contributed by atoms with Gasteiger partial charge in [0.1, 0.15) is 5.82 Å². The van der Waals surface area contributed by atoms with Crippen molar-refractivity contribution in [3.63, 3.8) is 0 Å². The zero-order valence-corrected chi connectivity index (χ0v) is 10.3. The standard InChI is InChI=1S/C13H16ClFO2/c14-11-1-2-12(15)10(7-11)8-13(16)9-3-5-17-6-4-9/h1-2,7,9,13,16H,3-6,8H2. The lowest BCUT2D eigenvalue weighted by atomic mass is 9.90. The average Bonchev–Trinajstić information content (AvgIpc) is 2.35. The first kappa shape index (κ1) is 12.8. The van der Waals surface area contributed by atoms with E-state index >= 15 is 0 Å². The highest BCUT2D eigenvalue weighted by molar-refractivity contribution is 6.30. The Kier molecular flexibility index (Phi) is 4.37. The third-order valence-corrected chi connectivity index (χ3v) is 3.48. The molecule has 1 heterocycles. The van der Waals surface area contributed by atoms with Crippen molar-refractivity contribution in [3.05, 3.63) is 34.6 Å². The molecule has 0 spiro atoms. The molecule has 1 aliphatic heterocycles. The molecule has 1 aromatic carbocycles. The van der Waals surface area contributed by atoms with Crippen LogP contribution in [0.2, 0.25) is 5.02 Å². The molecule has 1 aromatic rings. The summed E-state index contributed by atoms with van der Waals surface area (Å²) in [5.41, 5.74) is 0.483. The Hall–Kier alpha value is -0.640. The number of hydrogen-bond acceptors (Lipinski definition) is 2. The molecule has 4 heteroatoms. The number of rotatable bonds is 3. The number of aliphatic hydroxyl groups is 1. The molecule has 0 aromatic heterocycles. The van der Waals surface area contributed by atoms with Gasteiger partial charge in [-0.1, -0.05) is 11.6 Å². The van der Waals surface area contributed by atoms with Crippen LogP contribution in [0.1, 0.15) is 18.4 Å². The Morgan fingerprint density at radius 3 is 2.82 bits per heavy atom. The second-order valence-corrected chi connectivity index (χ2v) is 4.89. The third-order valence-electron chi connectivity index (χ3n) is 3.25. The van der Waals surface area contributed by atoms with E-state index in [1.54, 1.807) is 6.07 Å². The zero-order chi connectivity index (χ0) is 12.3. The Morgan fingerprint density at radius 2 is 2.12 bits per heavy atom. The van der Waals surface area contributed by atoms with Gasteiger partial charge in [-0.05, 0) is 42.5 Å². The largest absolute Gasteiger partial charge is 0.392 e. The maximum Gasteiger partial charge on any atom is 0.126 e. The molecular weight excluding hydrogens is 243 g/mol. The average molecular weight is 259 g/mol. The number of benzene rings is 1. The zero-order valence-electron chi connectivity index (χ0n) is 9.53. The second-order valence-electron chi connectivity index (χ2n) is 4.46. The van der Waals surface area contributed by atoms with E-state index < -0.39 is 6.10 Å². The maximum absolute atomic E-state index is 13.5. The van der Waals surface area contributed by atoms with Crippen LogP contribution in [0.15, 0.2) is 18.2 Å². The van der Waals surface area contributed by atoms with Gasteiger partial charge in [0, 0.05) is 24.7 Å². The summed E-state index contributed by atoms with van der Waals surface area (Å²) in [6, 6.07) is 4.44. The van der Waals surface area contributed by atoms with Crippen LogP contribution in [0.5, 0.6) is 0 Å². The van der Waals surface area contributed by atoms with E-state index in [0.717, 1.165) is 12.8 Å². The fourth-order valence-corrected chi connectivity index (χ4v) is 2.39. The van der Waals surface area contributed by atoms with E-state index in [1.807, 2.05) is 0 Å².